The second-order valence-corrected chi connectivity index (χ2v) is 4.27. The van der Waals surface area contributed by atoms with Crippen LogP contribution in [-0.4, -0.2) is 33.4 Å². The molecule has 0 aliphatic carbocycles. The third-order valence-corrected chi connectivity index (χ3v) is 3.14. The Hall–Kier alpha value is -1.55. The summed E-state index contributed by atoms with van der Waals surface area (Å²) in [6, 6.07) is 5.78. The summed E-state index contributed by atoms with van der Waals surface area (Å²) < 4.78 is 15.4. The first-order chi connectivity index (χ1) is 8.14. The summed E-state index contributed by atoms with van der Waals surface area (Å²) in [4.78, 5) is 11.9. The number of carbonyl (C=O) groups excluding carboxylic acids is 1. The number of ether oxygens (including phenoxy) is 3. The molecular weight excluding hydrogens is 220 g/mol. The van der Waals surface area contributed by atoms with Gasteiger partial charge < -0.3 is 14.2 Å². The Morgan fingerprint density at radius 1 is 1.35 bits per heavy atom. The maximum Gasteiger partial charge on any atom is 0.321 e. The Balaban J connectivity index is 2.50. The van der Waals surface area contributed by atoms with Crippen molar-refractivity contribution in [2.45, 2.75) is 12.3 Å². The minimum Gasteiger partial charge on any atom is -0.496 e. The van der Waals surface area contributed by atoms with Crippen molar-refractivity contribution in [1.29, 1.82) is 0 Å². The second-order valence-electron chi connectivity index (χ2n) is 4.27. The lowest BCUT2D eigenvalue weighted by molar-refractivity contribution is -0.166. The topological polar surface area (TPSA) is 44.8 Å². The number of rotatable bonds is 3. The van der Waals surface area contributed by atoms with Gasteiger partial charge in [0, 0.05) is 5.56 Å². The van der Waals surface area contributed by atoms with E-state index in [-0.39, 0.29) is 5.97 Å². The highest BCUT2D eigenvalue weighted by molar-refractivity contribution is 5.85. The minimum absolute atomic E-state index is 0.271. The van der Waals surface area contributed by atoms with Crippen LogP contribution in [-0.2, 0) is 19.7 Å². The van der Waals surface area contributed by atoms with E-state index in [2.05, 4.69) is 0 Å². The summed E-state index contributed by atoms with van der Waals surface area (Å²) in [5.74, 6) is 0.428. The van der Waals surface area contributed by atoms with Crippen LogP contribution in [0.5, 0.6) is 5.75 Å². The van der Waals surface area contributed by atoms with E-state index in [1.807, 2.05) is 25.1 Å². The molecule has 1 aliphatic rings. The molecule has 0 amide bonds. The molecule has 2 rings (SSSR count). The molecule has 4 nitrogen and oxygen atoms in total. The fourth-order valence-electron chi connectivity index (χ4n) is 2.08. The number of carbonyl (C=O) groups is 1. The van der Waals surface area contributed by atoms with Gasteiger partial charge in [0.05, 0.1) is 27.4 Å². The highest BCUT2D eigenvalue weighted by Gasteiger charge is 2.50. The molecule has 1 heterocycles. The van der Waals surface area contributed by atoms with Crippen LogP contribution < -0.4 is 4.74 Å². The standard InChI is InChI=1S/C13H16O4/c1-9-4-5-11(15-2)10(6-9)13(7-17-8-13)12(14)16-3/h4-6H,7-8H2,1-3H3. The lowest BCUT2D eigenvalue weighted by Crippen LogP contribution is -2.53. The van der Waals surface area contributed by atoms with Gasteiger partial charge in [-0.1, -0.05) is 17.7 Å². The Morgan fingerprint density at radius 3 is 2.53 bits per heavy atom. The molecule has 1 fully saturated rings. The van der Waals surface area contributed by atoms with Crippen LogP contribution in [0.1, 0.15) is 11.1 Å². The highest BCUT2D eigenvalue weighted by atomic mass is 16.5. The summed E-state index contributed by atoms with van der Waals surface area (Å²) in [6.45, 7) is 2.67. The van der Waals surface area contributed by atoms with E-state index in [0.717, 1.165) is 11.1 Å². The fraction of sp³-hybridized carbons (Fsp3) is 0.462. The Bertz CT molecular complexity index is 435. The Kier molecular flexibility index (Phi) is 3.07. The van der Waals surface area contributed by atoms with E-state index >= 15 is 0 Å². The van der Waals surface area contributed by atoms with Crippen molar-refractivity contribution in [3.05, 3.63) is 29.3 Å². The van der Waals surface area contributed by atoms with Gasteiger partial charge in [-0.3, -0.25) is 4.79 Å². The SMILES string of the molecule is COC(=O)C1(c2cc(C)ccc2OC)COC1. The quantitative estimate of drug-likeness (QED) is 0.745. The molecule has 1 aromatic carbocycles. The molecule has 1 aromatic rings. The molecule has 0 spiro atoms. The molecular formula is C13H16O4. The van der Waals surface area contributed by atoms with Gasteiger partial charge in [-0.15, -0.1) is 0 Å². The van der Waals surface area contributed by atoms with E-state index in [1.54, 1.807) is 7.11 Å². The van der Waals surface area contributed by atoms with Crippen molar-refractivity contribution in [3.63, 3.8) is 0 Å². The number of methoxy groups -OCH3 is 2. The maximum atomic E-state index is 11.9. The normalized spacial score (nSPS) is 17.1. The van der Waals surface area contributed by atoms with Gasteiger partial charge in [-0.25, -0.2) is 0 Å². The first kappa shape index (κ1) is 11.9. The number of esters is 1. The number of hydrogen-bond acceptors (Lipinski definition) is 4. The predicted octanol–water partition coefficient (Wildman–Crippen LogP) is 1.44. The zero-order chi connectivity index (χ0) is 12.5. The van der Waals surface area contributed by atoms with Crippen LogP contribution in [0.3, 0.4) is 0 Å². The van der Waals surface area contributed by atoms with Crippen LogP contribution in [0.15, 0.2) is 18.2 Å². The third-order valence-electron chi connectivity index (χ3n) is 3.14. The summed E-state index contributed by atoms with van der Waals surface area (Å²) in [5.41, 5.74) is 1.22. The van der Waals surface area contributed by atoms with Crippen molar-refractivity contribution in [2.24, 2.45) is 0 Å². The molecule has 0 saturated carbocycles. The van der Waals surface area contributed by atoms with Crippen molar-refractivity contribution < 1.29 is 19.0 Å². The van der Waals surface area contributed by atoms with E-state index < -0.39 is 5.41 Å². The highest BCUT2D eigenvalue weighted by Crippen LogP contribution is 2.39. The van der Waals surface area contributed by atoms with Gasteiger partial charge in [-0.05, 0) is 13.0 Å². The zero-order valence-electron chi connectivity index (χ0n) is 10.3. The van der Waals surface area contributed by atoms with Crippen LogP contribution in [0.2, 0.25) is 0 Å². The monoisotopic (exact) mass is 236 g/mol. The van der Waals surface area contributed by atoms with Crippen LogP contribution in [0.25, 0.3) is 0 Å². The smallest absolute Gasteiger partial charge is 0.321 e. The molecule has 0 unspecified atom stereocenters. The van der Waals surface area contributed by atoms with Crippen molar-refractivity contribution in [2.75, 3.05) is 27.4 Å². The molecule has 1 aliphatic heterocycles. The molecule has 0 N–H and O–H groups in total. The van der Waals surface area contributed by atoms with Gasteiger partial charge in [0.25, 0.3) is 0 Å². The lowest BCUT2D eigenvalue weighted by atomic mass is 9.77. The summed E-state index contributed by atoms with van der Waals surface area (Å²) in [7, 11) is 2.99. The van der Waals surface area contributed by atoms with Crippen LogP contribution in [0.4, 0.5) is 0 Å². The van der Waals surface area contributed by atoms with Crippen molar-refractivity contribution >= 4 is 5.97 Å². The Morgan fingerprint density at radius 2 is 2.06 bits per heavy atom. The van der Waals surface area contributed by atoms with Crippen LogP contribution in [0, 0.1) is 6.92 Å². The largest absolute Gasteiger partial charge is 0.496 e. The van der Waals surface area contributed by atoms with Crippen molar-refractivity contribution in [1.82, 2.24) is 0 Å². The second kappa shape index (κ2) is 4.37. The zero-order valence-corrected chi connectivity index (χ0v) is 10.3. The number of aryl methyl sites for hydroxylation is 1. The number of benzene rings is 1. The predicted molar refractivity (Wildman–Crippen MR) is 62.2 cm³/mol. The average Bonchev–Trinajstić information content (AvgIpc) is 2.27. The van der Waals surface area contributed by atoms with Crippen LogP contribution >= 0.6 is 0 Å². The van der Waals surface area contributed by atoms with E-state index in [4.69, 9.17) is 14.2 Å². The average molecular weight is 236 g/mol. The molecule has 0 radical (unpaired) electrons. The first-order valence-corrected chi connectivity index (χ1v) is 5.45. The van der Waals surface area contributed by atoms with Gasteiger partial charge in [0.1, 0.15) is 11.2 Å². The van der Waals surface area contributed by atoms with E-state index in [9.17, 15) is 4.79 Å². The van der Waals surface area contributed by atoms with Gasteiger partial charge in [0.15, 0.2) is 0 Å². The molecule has 0 atom stereocenters. The number of hydrogen-bond donors (Lipinski definition) is 0. The summed E-state index contributed by atoms with van der Waals surface area (Å²) >= 11 is 0. The first-order valence-electron chi connectivity index (χ1n) is 5.45. The summed E-state index contributed by atoms with van der Waals surface area (Å²) in [5, 5.41) is 0. The molecule has 4 heteroatoms. The lowest BCUT2D eigenvalue weighted by Gasteiger charge is -2.39. The molecule has 92 valence electrons. The van der Waals surface area contributed by atoms with Gasteiger partial charge >= 0.3 is 5.97 Å². The maximum absolute atomic E-state index is 11.9. The minimum atomic E-state index is -0.702. The molecule has 1 saturated heterocycles. The Labute approximate surface area is 100 Å². The van der Waals surface area contributed by atoms with Gasteiger partial charge in [0.2, 0.25) is 0 Å². The van der Waals surface area contributed by atoms with E-state index in [0.29, 0.717) is 19.0 Å². The van der Waals surface area contributed by atoms with Crippen molar-refractivity contribution in [3.8, 4) is 5.75 Å². The molecule has 0 aromatic heterocycles. The molecule has 17 heavy (non-hydrogen) atoms. The summed E-state index contributed by atoms with van der Waals surface area (Å²) in [6.07, 6.45) is 0. The fourth-order valence-corrected chi connectivity index (χ4v) is 2.08. The van der Waals surface area contributed by atoms with Gasteiger partial charge in [-0.2, -0.15) is 0 Å². The molecule has 0 bridgehead atoms. The third kappa shape index (κ3) is 1.78. The van der Waals surface area contributed by atoms with E-state index in [1.165, 1.54) is 7.11 Å².